The fourth-order valence-electron chi connectivity index (χ4n) is 6.91. The maximum Gasteiger partial charge on any atom is 0.312 e. The van der Waals surface area contributed by atoms with E-state index < -0.39 is 66.9 Å². The summed E-state index contributed by atoms with van der Waals surface area (Å²) >= 11 is 0. The van der Waals surface area contributed by atoms with Gasteiger partial charge in [-0.25, -0.2) is 0 Å². The molecule has 4 unspecified atom stereocenters. The minimum atomic E-state index is -1.06. The molecular weight excluding hydrogens is 817 g/mol. The van der Waals surface area contributed by atoms with Crippen LogP contribution < -0.4 is 9.47 Å². The number of hydrogen-bond donors (Lipinski definition) is 0. The van der Waals surface area contributed by atoms with Gasteiger partial charge in [0.1, 0.15) is 36.3 Å². The van der Waals surface area contributed by atoms with Gasteiger partial charge in [-0.05, 0) is 85.5 Å². The summed E-state index contributed by atoms with van der Waals surface area (Å²) in [5, 5.41) is 0. The highest BCUT2D eigenvalue weighted by Crippen LogP contribution is 2.24. The third kappa shape index (κ3) is 17.7. The number of rotatable bonds is 27. The molecule has 12 nitrogen and oxygen atoms in total. The summed E-state index contributed by atoms with van der Waals surface area (Å²) in [7, 11) is 0. The predicted molar refractivity (Wildman–Crippen MR) is 237 cm³/mol. The van der Waals surface area contributed by atoms with E-state index in [4.69, 9.17) is 41.3 Å². The van der Waals surface area contributed by atoms with Gasteiger partial charge in [-0.3, -0.25) is 24.0 Å². The Bertz CT molecular complexity index is 2200. The minimum absolute atomic E-state index is 0.0489. The zero-order chi connectivity index (χ0) is 46.1. The second-order valence-corrected chi connectivity index (χ2v) is 15.2. The molecule has 0 aliphatic rings. The number of esters is 4. The van der Waals surface area contributed by atoms with Crippen LogP contribution in [-0.2, 0) is 73.4 Å². The van der Waals surface area contributed by atoms with Gasteiger partial charge in [-0.1, -0.05) is 104 Å². The van der Waals surface area contributed by atoms with Crippen molar-refractivity contribution in [2.75, 3.05) is 26.8 Å². The fourth-order valence-corrected chi connectivity index (χ4v) is 6.91. The van der Waals surface area contributed by atoms with Gasteiger partial charge in [0.25, 0.3) is 0 Å². The number of ketones is 2. The Hall–Kier alpha value is -7.18. The third-order valence-corrected chi connectivity index (χ3v) is 10.2. The van der Waals surface area contributed by atoms with Crippen LogP contribution in [0.3, 0.4) is 0 Å². The molecule has 0 fully saturated rings. The zero-order valence-electron chi connectivity index (χ0n) is 36.2. The van der Waals surface area contributed by atoms with Crippen LogP contribution >= 0.6 is 0 Å². The van der Waals surface area contributed by atoms with E-state index in [2.05, 4.69) is 11.8 Å². The van der Waals surface area contributed by atoms with Gasteiger partial charge in [-0.2, -0.15) is 0 Å². The normalized spacial score (nSPS) is 12.4. The third-order valence-electron chi connectivity index (χ3n) is 10.2. The van der Waals surface area contributed by atoms with Crippen molar-refractivity contribution < 1.29 is 57.2 Å². The van der Waals surface area contributed by atoms with Crippen LogP contribution in [-0.4, -0.2) is 62.2 Å². The maximum atomic E-state index is 13.9. The average Bonchev–Trinajstić information content (AvgIpc) is 3.30. The largest absolute Gasteiger partial charge is 0.481 e. The van der Waals surface area contributed by atoms with Crippen LogP contribution in [0, 0.1) is 48.4 Å². The molecule has 0 saturated heterocycles. The topological polar surface area (TPSA) is 158 Å². The van der Waals surface area contributed by atoms with Crippen LogP contribution in [0.2, 0.25) is 0 Å². The number of ether oxygens (including phenoxy) is 6. The summed E-state index contributed by atoms with van der Waals surface area (Å²) in [6.07, 6.45) is 11.2. The Morgan fingerprint density at radius 1 is 0.469 bits per heavy atom. The van der Waals surface area contributed by atoms with Gasteiger partial charge in [0.05, 0.1) is 23.7 Å². The van der Waals surface area contributed by atoms with Gasteiger partial charge in [0, 0.05) is 19.3 Å². The molecule has 4 aromatic carbocycles. The van der Waals surface area contributed by atoms with Crippen LogP contribution in [0.1, 0.15) is 61.8 Å². The minimum Gasteiger partial charge on any atom is -0.481 e. The van der Waals surface area contributed by atoms with E-state index in [1.807, 2.05) is 55.5 Å². The molecule has 4 atom stereocenters. The van der Waals surface area contributed by atoms with Crippen molar-refractivity contribution in [2.45, 2.75) is 65.2 Å². The molecule has 0 aliphatic heterocycles. The van der Waals surface area contributed by atoms with E-state index in [1.165, 1.54) is 6.92 Å². The highest BCUT2D eigenvalue weighted by Gasteiger charge is 2.30. The molecule has 0 saturated carbocycles. The molecule has 64 heavy (non-hydrogen) atoms. The Labute approximate surface area is 374 Å². The highest BCUT2D eigenvalue weighted by atomic mass is 16.7. The van der Waals surface area contributed by atoms with Crippen molar-refractivity contribution in [3.05, 3.63) is 131 Å². The molecular formula is C52H54O12. The average molecular weight is 871 g/mol. The monoisotopic (exact) mass is 870 g/mol. The van der Waals surface area contributed by atoms with E-state index in [1.54, 1.807) is 60.7 Å². The Kier molecular flexibility index (Phi) is 20.9. The standard InChI is InChI=1S/C52H54O12/c1-5-26-59-47-22-18-40(19-23-47)31-43(28-37(4)53)50(56)62-36-64-52(58)45(32-41-20-24-48(25-21-41)60-27-6-2)34-46(54)33-44(30-39-16-12-9-13-17-39)51(57)63-35-61-49(55)42(7-3)29-38-14-10-8-11-15-38/h1-2,8-25,42-45H,7,26-36H2,3-4H3. The molecule has 4 rings (SSSR count). The van der Waals surface area contributed by atoms with E-state index in [-0.39, 0.29) is 57.5 Å². The lowest BCUT2D eigenvalue weighted by molar-refractivity contribution is -0.174. The quantitative estimate of drug-likeness (QED) is 0.0336. The number of hydrogen-bond acceptors (Lipinski definition) is 12. The smallest absolute Gasteiger partial charge is 0.312 e. The van der Waals surface area contributed by atoms with Gasteiger partial charge in [0.2, 0.25) is 13.6 Å². The maximum absolute atomic E-state index is 13.9. The fraction of sp³-hybridized carbons (Fsp3) is 0.346. The van der Waals surface area contributed by atoms with Crippen LogP contribution in [0.15, 0.2) is 109 Å². The van der Waals surface area contributed by atoms with Gasteiger partial charge >= 0.3 is 23.9 Å². The Morgan fingerprint density at radius 3 is 1.14 bits per heavy atom. The lowest BCUT2D eigenvalue weighted by Crippen LogP contribution is -2.29. The van der Waals surface area contributed by atoms with Crippen LogP contribution in [0.5, 0.6) is 11.5 Å². The molecule has 334 valence electrons. The second kappa shape index (κ2) is 27.0. The molecule has 0 heterocycles. The van der Waals surface area contributed by atoms with Crippen molar-refractivity contribution in [3.63, 3.8) is 0 Å². The molecule has 0 N–H and O–H groups in total. The summed E-state index contributed by atoms with van der Waals surface area (Å²) in [4.78, 5) is 79.4. The summed E-state index contributed by atoms with van der Waals surface area (Å²) < 4.78 is 32.4. The molecule has 12 heteroatoms. The predicted octanol–water partition coefficient (Wildman–Crippen LogP) is 7.27. The van der Waals surface area contributed by atoms with Crippen molar-refractivity contribution in [1.82, 2.24) is 0 Å². The van der Waals surface area contributed by atoms with Gasteiger partial charge in [0.15, 0.2) is 0 Å². The highest BCUT2D eigenvalue weighted by molar-refractivity contribution is 5.88. The van der Waals surface area contributed by atoms with Crippen molar-refractivity contribution in [3.8, 4) is 36.2 Å². The lowest BCUT2D eigenvalue weighted by Gasteiger charge is -2.20. The van der Waals surface area contributed by atoms with E-state index in [0.717, 1.165) is 16.7 Å². The molecule has 0 radical (unpaired) electrons. The number of Topliss-reactive ketones (excluding diaryl/α,β-unsaturated/α-hetero) is 2. The van der Waals surface area contributed by atoms with Crippen molar-refractivity contribution in [2.24, 2.45) is 23.7 Å². The summed E-state index contributed by atoms with van der Waals surface area (Å²) in [5.41, 5.74) is 3.14. The molecule has 0 aromatic heterocycles. The number of carbonyl (C=O) groups is 6. The SMILES string of the molecule is C#CCOc1ccc(CC(CC(C)=O)C(=O)OCOC(=O)C(CC(=O)CC(Cc2ccccc2)C(=O)OCOC(=O)C(CC)Cc2ccccc2)Cc2ccc(OCC#C)cc2)cc1. The van der Waals surface area contributed by atoms with Crippen molar-refractivity contribution >= 4 is 35.4 Å². The van der Waals surface area contributed by atoms with Gasteiger partial charge in [-0.15, -0.1) is 12.8 Å². The van der Waals surface area contributed by atoms with Crippen LogP contribution in [0.25, 0.3) is 0 Å². The van der Waals surface area contributed by atoms with Crippen LogP contribution in [0.4, 0.5) is 0 Å². The second-order valence-electron chi connectivity index (χ2n) is 15.2. The Morgan fingerprint density at radius 2 is 0.797 bits per heavy atom. The first kappa shape index (κ1) is 49.5. The number of terminal acetylenes is 2. The van der Waals surface area contributed by atoms with E-state index in [0.29, 0.717) is 29.9 Å². The summed E-state index contributed by atoms with van der Waals surface area (Å²) in [6, 6.07) is 32.2. The molecule has 0 aliphatic carbocycles. The zero-order valence-corrected chi connectivity index (χ0v) is 36.2. The first-order chi connectivity index (χ1) is 31.0. The first-order valence-corrected chi connectivity index (χ1v) is 21.0. The Balaban J connectivity index is 1.43. The van der Waals surface area contributed by atoms with E-state index >= 15 is 0 Å². The first-order valence-electron chi connectivity index (χ1n) is 21.0. The molecule has 0 spiro atoms. The number of carbonyl (C=O) groups excluding carboxylic acids is 6. The van der Waals surface area contributed by atoms with E-state index in [9.17, 15) is 28.8 Å². The van der Waals surface area contributed by atoms with Crippen molar-refractivity contribution in [1.29, 1.82) is 0 Å². The molecule has 0 amide bonds. The lowest BCUT2D eigenvalue weighted by atomic mass is 9.88. The van der Waals surface area contributed by atoms with Gasteiger partial charge < -0.3 is 33.2 Å². The number of benzene rings is 4. The molecule has 4 aromatic rings. The summed E-state index contributed by atoms with van der Waals surface area (Å²) in [5.74, 6) is -1.01. The summed E-state index contributed by atoms with van der Waals surface area (Å²) in [6.45, 7) is 2.00. The molecule has 0 bridgehead atoms.